The fourth-order valence-electron chi connectivity index (χ4n) is 4.68. The van der Waals surface area contributed by atoms with Crippen molar-refractivity contribution in [3.63, 3.8) is 0 Å². The summed E-state index contributed by atoms with van der Waals surface area (Å²) in [5.74, 6) is -0.542. The maximum absolute atomic E-state index is 14.3. The second kappa shape index (κ2) is 8.39. The van der Waals surface area contributed by atoms with E-state index in [2.05, 4.69) is 25.0 Å². The molecule has 6 rings (SSSR count). The maximum atomic E-state index is 14.3. The minimum absolute atomic E-state index is 0.0161. The Hall–Kier alpha value is -4.29. The Labute approximate surface area is 206 Å². The van der Waals surface area contributed by atoms with Crippen molar-refractivity contribution < 1.29 is 27.0 Å². The molecular formula is C24H19F4N7O2. The lowest BCUT2D eigenvalue weighted by Gasteiger charge is -2.11. The fraction of sp³-hybridized carbons (Fsp3) is 0.292. The molecule has 1 aliphatic carbocycles. The molecule has 0 amide bonds. The number of imidazole rings is 1. The van der Waals surface area contributed by atoms with Gasteiger partial charge in [-0.25, -0.2) is 18.9 Å². The van der Waals surface area contributed by atoms with Crippen molar-refractivity contribution in [2.24, 2.45) is 0 Å². The van der Waals surface area contributed by atoms with Gasteiger partial charge < -0.3 is 14.0 Å². The Kier molecular flexibility index (Phi) is 5.24. The van der Waals surface area contributed by atoms with E-state index in [9.17, 15) is 17.6 Å². The summed E-state index contributed by atoms with van der Waals surface area (Å²) < 4.78 is 66.3. The number of methoxy groups -OCH3 is 2. The van der Waals surface area contributed by atoms with E-state index in [1.807, 2.05) is 6.07 Å². The molecule has 0 saturated heterocycles. The quantitative estimate of drug-likeness (QED) is 0.308. The van der Waals surface area contributed by atoms with Crippen LogP contribution in [0.4, 0.5) is 17.6 Å². The van der Waals surface area contributed by atoms with Gasteiger partial charge in [0.1, 0.15) is 12.4 Å². The predicted octanol–water partition coefficient (Wildman–Crippen LogP) is 4.53. The van der Waals surface area contributed by atoms with E-state index in [1.54, 1.807) is 29.2 Å². The van der Waals surface area contributed by atoms with Gasteiger partial charge >= 0.3 is 12.2 Å². The number of hydrogen-bond donors (Lipinski definition) is 0. The molecule has 0 N–H and O–H groups in total. The Morgan fingerprint density at radius 3 is 2.65 bits per heavy atom. The van der Waals surface area contributed by atoms with Crippen LogP contribution in [0.25, 0.3) is 27.8 Å². The number of halogens is 4. The summed E-state index contributed by atoms with van der Waals surface area (Å²) in [6.07, 6.45) is 3.29. The van der Waals surface area contributed by atoms with E-state index < -0.39 is 18.5 Å². The molecule has 37 heavy (non-hydrogen) atoms. The van der Waals surface area contributed by atoms with Crippen LogP contribution < -0.4 is 9.47 Å². The summed E-state index contributed by atoms with van der Waals surface area (Å²) in [4.78, 5) is 17.2. The van der Waals surface area contributed by atoms with Gasteiger partial charge in [-0.05, 0) is 24.5 Å². The zero-order valence-electron chi connectivity index (χ0n) is 19.6. The van der Waals surface area contributed by atoms with Crippen LogP contribution in [0.2, 0.25) is 0 Å². The molecule has 2 atom stereocenters. The first-order valence-electron chi connectivity index (χ1n) is 11.3. The van der Waals surface area contributed by atoms with Gasteiger partial charge in [0.15, 0.2) is 5.65 Å². The zero-order chi connectivity index (χ0) is 25.9. The molecule has 9 nitrogen and oxygen atoms in total. The van der Waals surface area contributed by atoms with E-state index in [1.165, 1.54) is 20.4 Å². The molecular weight excluding hydrogens is 494 g/mol. The molecule has 5 heterocycles. The van der Waals surface area contributed by atoms with Crippen LogP contribution in [0.5, 0.6) is 11.9 Å². The highest BCUT2D eigenvalue weighted by Crippen LogP contribution is 2.55. The molecule has 1 fully saturated rings. The van der Waals surface area contributed by atoms with Crippen LogP contribution in [0.1, 0.15) is 29.5 Å². The van der Waals surface area contributed by atoms with E-state index in [0.717, 1.165) is 16.3 Å². The van der Waals surface area contributed by atoms with Crippen molar-refractivity contribution in [2.45, 2.75) is 31.0 Å². The number of rotatable bonds is 6. The van der Waals surface area contributed by atoms with Crippen LogP contribution in [0.3, 0.4) is 0 Å². The molecule has 1 aliphatic rings. The smallest absolute Gasteiger partial charge is 0.406 e. The zero-order valence-corrected chi connectivity index (χ0v) is 19.6. The Morgan fingerprint density at radius 1 is 1.05 bits per heavy atom. The topological polar surface area (TPSA) is 92.3 Å². The number of fused-ring (bicyclic) bond motifs is 2. The normalized spacial score (nSPS) is 17.5. The van der Waals surface area contributed by atoms with Crippen molar-refractivity contribution in [3.05, 3.63) is 60.2 Å². The Morgan fingerprint density at radius 2 is 1.89 bits per heavy atom. The third-order valence-electron chi connectivity index (χ3n) is 6.43. The van der Waals surface area contributed by atoms with E-state index in [0.29, 0.717) is 29.0 Å². The molecule has 13 heteroatoms. The highest BCUT2D eigenvalue weighted by atomic mass is 19.4. The second-order valence-electron chi connectivity index (χ2n) is 8.76. The van der Waals surface area contributed by atoms with E-state index in [-0.39, 0.29) is 34.6 Å². The molecule has 5 aromatic rings. The molecule has 0 spiro atoms. The van der Waals surface area contributed by atoms with Gasteiger partial charge in [-0.1, -0.05) is 0 Å². The van der Waals surface area contributed by atoms with Crippen LogP contribution in [-0.4, -0.2) is 54.5 Å². The lowest BCUT2D eigenvalue weighted by Crippen LogP contribution is -2.16. The molecule has 5 aromatic heterocycles. The first-order chi connectivity index (χ1) is 17.8. The lowest BCUT2D eigenvalue weighted by atomic mass is 10.1. The molecule has 0 aliphatic heterocycles. The van der Waals surface area contributed by atoms with Crippen LogP contribution in [0, 0.1) is 5.82 Å². The monoisotopic (exact) mass is 513 g/mol. The first-order valence-corrected chi connectivity index (χ1v) is 11.3. The van der Waals surface area contributed by atoms with Crippen molar-refractivity contribution in [2.75, 3.05) is 14.2 Å². The number of nitrogens with zero attached hydrogens (tertiary/aromatic N) is 7. The Bertz CT molecular complexity index is 1650. The summed E-state index contributed by atoms with van der Waals surface area (Å²) >= 11 is 0. The maximum Gasteiger partial charge on any atom is 0.406 e. The molecule has 0 aromatic carbocycles. The highest BCUT2D eigenvalue weighted by Gasteiger charge is 2.43. The molecule has 1 saturated carbocycles. The highest BCUT2D eigenvalue weighted by molar-refractivity contribution is 5.80. The van der Waals surface area contributed by atoms with Crippen LogP contribution >= 0.6 is 0 Å². The van der Waals surface area contributed by atoms with Crippen molar-refractivity contribution >= 4 is 16.6 Å². The minimum Gasteiger partial charge on any atom is -0.480 e. The third-order valence-corrected chi connectivity index (χ3v) is 6.43. The molecule has 0 bridgehead atoms. The number of pyridine rings is 1. The first kappa shape index (κ1) is 23.1. The van der Waals surface area contributed by atoms with Gasteiger partial charge in [-0.2, -0.15) is 23.3 Å². The standard InChI is InChI=1S/C24H19F4N7O2/c1-36-22-16(9-31-23(32-22)37-2)19-6-14(21-29-3-4-35(21)33-19)12-5-13(12)18-7-20-15(8-30-18)17(25)10-34(20)11-24(26,27)28/h3-4,6-10,12-13H,5,11H2,1-2H3/t12-,13?/m0/s1. The summed E-state index contributed by atoms with van der Waals surface area (Å²) in [6, 6.07) is 3.57. The van der Waals surface area contributed by atoms with Crippen molar-refractivity contribution in [3.8, 4) is 23.1 Å². The number of aromatic nitrogens is 7. The summed E-state index contributed by atoms with van der Waals surface area (Å²) in [5.41, 5.74) is 3.39. The van der Waals surface area contributed by atoms with Gasteiger partial charge in [-0.3, -0.25) is 4.98 Å². The van der Waals surface area contributed by atoms with Crippen molar-refractivity contribution in [1.29, 1.82) is 0 Å². The fourth-order valence-corrected chi connectivity index (χ4v) is 4.68. The average molecular weight is 513 g/mol. The number of hydrogen-bond acceptors (Lipinski definition) is 7. The van der Waals surface area contributed by atoms with Gasteiger partial charge in [0, 0.05) is 48.2 Å². The van der Waals surface area contributed by atoms with Crippen LogP contribution in [-0.2, 0) is 6.54 Å². The summed E-state index contributed by atoms with van der Waals surface area (Å²) in [6.45, 7) is -1.28. The Balaban J connectivity index is 1.38. The molecule has 0 radical (unpaired) electrons. The third kappa shape index (κ3) is 4.09. The summed E-state index contributed by atoms with van der Waals surface area (Å²) in [5, 5.41) is 4.67. The van der Waals surface area contributed by atoms with Gasteiger partial charge in [0.05, 0.1) is 36.4 Å². The van der Waals surface area contributed by atoms with Crippen LogP contribution in [0.15, 0.2) is 43.1 Å². The van der Waals surface area contributed by atoms with E-state index in [4.69, 9.17) is 9.47 Å². The second-order valence-corrected chi connectivity index (χ2v) is 8.76. The lowest BCUT2D eigenvalue weighted by molar-refractivity contribution is -0.139. The van der Waals surface area contributed by atoms with Crippen molar-refractivity contribution in [1.82, 2.24) is 34.1 Å². The van der Waals surface area contributed by atoms with E-state index >= 15 is 0 Å². The van der Waals surface area contributed by atoms with Gasteiger partial charge in [0.25, 0.3) is 0 Å². The molecule has 190 valence electrons. The number of ether oxygens (including phenoxy) is 2. The predicted molar refractivity (Wildman–Crippen MR) is 123 cm³/mol. The van der Waals surface area contributed by atoms with Gasteiger partial charge in [-0.15, -0.1) is 0 Å². The average Bonchev–Trinajstić information content (AvgIpc) is 3.43. The minimum atomic E-state index is -4.48. The summed E-state index contributed by atoms with van der Waals surface area (Å²) in [7, 11) is 2.94. The molecule has 1 unspecified atom stereocenters. The van der Waals surface area contributed by atoms with Gasteiger partial charge in [0.2, 0.25) is 5.88 Å². The number of alkyl halides is 3. The largest absolute Gasteiger partial charge is 0.480 e. The SMILES string of the molecule is COc1ncc(-c2cc([C@H]3CC3c3cc4c(cn3)c(F)cn4CC(F)(F)F)c3nccn3n2)c(OC)n1.